The molecule has 2 nitrogen and oxygen atoms in total. The van der Waals surface area contributed by atoms with E-state index in [1.165, 1.54) is 54.4 Å². The summed E-state index contributed by atoms with van der Waals surface area (Å²) in [6.07, 6.45) is 0. The Morgan fingerprint density at radius 2 is 0.808 bits per heavy atom. The van der Waals surface area contributed by atoms with Crippen LogP contribution in [0.5, 0.6) is 0 Å². The van der Waals surface area contributed by atoms with Crippen molar-refractivity contribution < 1.29 is 0 Å². The zero-order chi connectivity index (χ0) is 17.4. The van der Waals surface area contributed by atoms with Gasteiger partial charge in [0.25, 0.3) is 0 Å². The largest absolute Gasteiger partial charge is 0.343 e. The first-order valence-electron chi connectivity index (χ1n) is 9.02. The predicted molar refractivity (Wildman–Crippen MR) is 112 cm³/mol. The minimum atomic E-state index is 1.29. The summed E-state index contributed by atoms with van der Waals surface area (Å²) >= 11 is 0. The maximum absolute atomic E-state index is 2.36. The lowest BCUT2D eigenvalue weighted by molar-refractivity contribution is 1.01. The number of rotatable bonds is 0. The Morgan fingerprint density at radius 3 is 1.23 bits per heavy atom. The second kappa shape index (κ2) is 4.67. The number of fused-ring (bicyclic) bond motifs is 10. The van der Waals surface area contributed by atoms with Crippen molar-refractivity contribution in [3.8, 4) is 0 Å². The Bertz CT molecular complexity index is 1380. The molecule has 0 unspecified atom stereocenters. The van der Waals surface area contributed by atoms with Crippen molar-refractivity contribution >= 4 is 54.4 Å². The molecule has 4 aromatic carbocycles. The molecule has 0 amide bonds. The first-order valence-corrected chi connectivity index (χ1v) is 9.02. The highest BCUT2D eigenvalue weighted by atomic mass is 15.0. The minimum absolute atomic E-state index is 1.29. The van der Waals surface area contributed by atoms with Crippen molar-refractivity contribution in [1.82, 2.24) is 9.13 Å². The van der Waals surface area contributed by atoms with Crippen molar-refractivity contribution in [2.45, 2.75) is 0 Å². The van der Waals surface area contributed by atoms with Gasteiger partial charge in [-0.3, -0.25) is 0 Å². The standard InChI is InChI=1S/C24H18N2/c1-25-19-13-7-5-11-17(19)21-22-18-12-6-8-14-20(18)26(2)24(22)16-10-4-3-9-15(16)23(21)25/h3-14H,1-2H3. The predicted octanol–water partition coefficient (Wildman–Crippen LogP) is 6.13. The molecule has 0 N–H and O–H groups in total. The van der Waals surface area contributed by atoms with Crippen LogP contribution in [0.25, 0.3) is 54.4 Å². The van der Waals surface area contributed by atoms with E-state index >= 15 is 0 Å². The summed E-state index contributed by atoms with van der Waals surface area (Å²) in [7, 11) is 4.38. The Balaban J connectivity index is 2.14. The van der Waals surface area contributed by atoms with Crippen molar-refractivity contribution in [3.05, 3.63) is 72.8 Å². The summed E-state index contributed by atoms with van der Waals surface area (Å²) in [5, 5.41) is 8.04. The van der Waals surface area contributed by atoms with Gasteiger partial charge in [0.1, 0.15) is 0 Å². The number of aromatic nitrogens is 2. The number of hydrogen-bond donors (Lipinski definition) is 0. The molecule has 0 spiro atoms. The van der Waals surface area contributed by atoms with Crippen LogP contribution in [0.1, 0.15) is 0 Å². The molecular weight excluding hydrogens is 316 g/mol. The van der Waals surface area contributed by atoms with Gasteiger partial charge >= 0.3 is 0 Å². The van der Waals surface area contributed by atoms with Crippen LogP contribution >= 0.6 is 0 Å². The first-order chi connectivity index (χ1) is 12.8. The Morgan fingerprint density at radius 1 is 0.462 bits per heavy atom. The van der Waals surface area contributed by atoms with Crippen LogP contribution in [0.3, 0.4) is 0 Å². The number of hydrogen-bond acceptors (Lipinski definition) is 0. The van der Waals surface area contributed by atoms with Crippen LogP contribution in [-0.2, 0) is 14.1 Å². The summed E-state index contributed by atoms with van der Waals surface area (Å²) in [5.41, 5.74) is 5.22. The Hall–Kier alpha value is -3.26. The number of nitrogens with zero attached hydrogens (tertiary/aromatic N) is 2. The number of aryl methyl sites for hydroxylation is 2. The van der Waals surface area contributed by atoms with E-state index in [9.17, 15) is 0 Å². The normalized spacial score (nSPS) is 12.2. The fraction of sp³-hybridized carbons (Fsp3) is 0.0833. The average Bonchev–Trinajstić information content (AvgIpc) is 3.16. The highest BCUT2D eigenvalue weighted by Crippen LogP contribution is 2.43. The van der Waals surface area contributed by atoms with E-state index in [2.05, 4.69) is 96.0 Å². The fourth-order valence-electron chi connectivity index (χ4n) is 4.82. The molecule has 0 saturated heterocycles. The topological polar surface area (TPSA) is 9.86 Å². The molecule has 0 saturated carbocycles. The van der Waals surface area contributed by atoms with Crippen LogP contribution in [0.4, 0.5) is 0 Å². The van der Waals surface area contributed by atoms with Gasteiger partial charge in [0.2, 0.25) is 0 Å². The molecule has 0 aliphatic heterocycles. The number of benzene rings is 4. The summed E-state index contributed by atoms with van der Waals surface area (Å²) in [5.74, 6) is 0. The van der Waals surface area contributed by atoms with Gasteiger partial charge in [0.05, 0.1) is 11.0 Å². The van der Waals surface area contributed by atoms with Crippen LogP contribution < -0.4 is 0 Å². The van der Waals surface area contributed by atoms with Crippen LogP contribution in [-0.4, -0.2) is 9.13 Å². The van der Waals surface area contributed by atoms with Gasteiger partial charge in [-0.15, -0.1) is 0 Å². The highest BCUT2D eigenvalue weighted by molar-refractivity contribution is 6.36. The molecular formula is C24H18N2. The van der Waals surface area contributed by atoms with Gasteiger partial charge in [-0.2, -0.15) is 0 Å². The van der Waals surface area contributed by atoms with E-state index in [1.54, 1.807) is 0 Å². The van der Waals surface area contributed by atoms with Gasteiger partial charge in [0.15, 0.2) is 0 Å². The van der Waals surface area contributed by atoms with E-state index < -0.39 is 0 Å². The average molecular weight is 334 g/mol. The molecule has 0 aliphatic carbocycles. The molecule has 0 aliphatic rings. The zero-order valence-electron chi connectivity index (χ0n) is 14.8. The molecule has 0 bridgehead atoms. The molecule has 0 fully saturated rings. The first kappa shape index (κ1) is 14.0. The Labute approximate surface area is 150 Å². The monoisotopic (exact) mass is 334 g/mol. The molecule has 6 rings (SSSR count). The third-order valence-corrected chi connectivity index (χ3v) is 5.90. The molecule has 6 aromatic rings. The Kier molecular flexibility index (Phi) is 2.51. The van der Waals surface area contributed by atoms with Crippen molar-refractivity contribution in [3.63, 3.8) is 0 Å². The molecule has 0 atom stereocenters. The fourth-order valence-corrected chi connectivity index (χ4v) is 4.82. The lowest BCUT2D eigenvalue weighted by Crippen LogP contribution is -1.91. The van der Waals surface area contributed by atoms with Crippen LogP contribution in [0.15, 0.2) is 72.8 Å². The smallest absolute Gasteiger partial charge is 0.0576 e. The maximum atomic E-state index is 2.36. The van der Waals surface area contributed by atoms with Gasteiger partial charge in [-0.05, 0) is 12.1 Å². The molecule has 26 heavy (non-hydrogen) atoms. The second-order valence-electron chi connectivity index (χ2n) is 7.15. The number of para-hydroxylation sites is 2. The van der Waals surface area contributed by atoms with Crippen molar-refractivity contribution in [1.29, 1.82) is 0 Å². The molecule has 2 heteroatoms. The summed E-state index contributed by atoms with van der Waals surface area (Å²) in [6, 6.07) is 26.3. The van der Waals surface area contributed by atoms with Gasteiger partial charge < -0.3 is 9.13 Å². The highest BCUT2D eigenvalue weighted by Gasteiger charge is 2.20. The minimum Gasteiger partial charge on any atom is -0.343 e. The van der Waals surface area contributed by atoms with Gasteiger partial charge in [-0.25, -0.2) is 0 Å². The third-order valence-electron chi connectivity index (χ3n) is 5.90. The third kappa shape index (κ3) is 1.49. The second-order valence-corrected chi connectivity index (χ2v) is 7.15. The zero-order valence-corrected chi connectivity index (χ0v) is 14.8. The molecule has 2 heterocycles. The van der Waals surface area contributed by atoms with Crippen LogP contribution in [0, 0.1) is 0 Å². The summed E-state index contributed by atoms with van der Waals surface area (Å²) in [4.78, 5) is 0. The SMILES string of the molecule is Cn1c2ccccc2c2c3c4ccccc4n(C)c3c3ccccc3c21. The quantitative estimate of drug-likeness (QED) is 0.316. The van der Waals surface area contributed by atoms with Crippen molar-refractivity contribution in [2.24, 2.45) is 14.1 Å². The lowest BCUT2D eigenvalue weighted by atomic mass is 9.99. The van der Waals surface area contributed by atoms with E-state index in [0.29, 0.717) is 0 Å². The van der Waals surface area contributed by atoms with Crippen LogP contribution in [0.2, 0.25) is 0 Å². The lowest BCUT2D eigenvalue weighted by Gasteiger charge is -2.08. The van der Waals surface area contributed by atoms with Gasteiger partial charge in [-0.1, -0.05) is 60.7 Å². The summed E-state index contributed by atoms with van der Waals surface area (Å²) in [6.45, 7) is 0. The molecule has 0 radical (unpaired) electrons. The van der Waals surface area contributed by atoms with Crippen molar-refractivity contribution in [2.75, 3.05) is 0 Å². The van der Waals surface area contributed by atoms with E-state index in [0.717, 1.165) is 0 Å². The molecule has 124 valence electrons. The van der Waals surface area contributed by atoms with E-state index in [-0.39, 0.29) is 0 Å². The maximum Gasteiger partial charge on any atom is 0.0576 e. The summed E-state index contributed by atoms with van der Waals surface area (Å²) < 4.78 is 4.71. The molecule has 2 aromatic heterocycles. The van der Waals surface area contributed by atoms with E-state index in [4.69, 9.17) is 0 Å². The van der Waals surface area contributed by atoms with Gasteiger partial charge in [0, 0.05) is 57.4 Å². The van der Waals surface area contributed by atoms with E-state index in [1.807, 2.05) is 0 Å².